The number of carbonyl (C=O) groups excluding carboxylic acids is 1. The second kappa shape index (κ2) is 9.58. The van der Waals surface area contributed by atoms with Crippen molar-refractivity contribution in [3.05, 3.63) is 65.7 Å². The number of amides is 1. The highest BCUT2D eigenvalue weighted by atomic mass is 32.1. The Kier molecular flexibility index (Phi) is 7.17. The van der Waals surface area contributed by atoms with Gasteiger partial charge in [-0.15, -0.1) is 0 Å². The molecule has 0 aromatic heterocycles. The molecule has 0 spiro atoms. The molecular weight excluding hydrogens is 346 g/mol. The molecule has 0 aliphatic carbocycles. The van der Waals surface area contributed by atoms with Crippen molar-refractivity contribution in [3.63, 3.8) is 0 Å². The van der Waals surface area contributed by atoms with Crippen LogP contribution in [-0.2, 0) is 4.79 Å². The van der Waals surface area contributed by atoms with Gasteiger partial charge < -0.3 is 10.1 Å². The molecule has 0 aliphatic rings. The summed E-state index contributed by atoms with van der Waals surface area (Å²) < 4.78 is 5.24. The fraction of sp³-hybridized carbons (Fsp3) is 0.200. The Hall–Kier alpha value is -2.86. The lowest BCUT2D eigenvalue weighted by Gasteiger charge is -2.12. The van der Waals surface area contributed by atoms with Crippen molar-refractivity contribution < 1.29 is 9.53 Å². The lowest BCUT2D eigenvalue weighted by atomic mass is 10.0. The van der Waals surface area contributed by atoms with Gasteiger partial charge in [0.1, 0.15) is 5.75 Å². The summed E-state index contributed by atoms with van der Waals surface area (Å²) in [5, 5.41) is 3.32. The van der Waals surface area contributed by atoms with Crippen LogP contribution in [0, 0.1) is 0 Å². The number of nitrogens with one attached hydrogen (secondary N) is 3. The molecule has 0 saturated carbocycles. The molecule has 3 N–H and O–H groups in total. The van der Waals surface area contributed by atoms with E-state index in [2.05, 4.69) is 30.0 Å². The van der Waals surface area contributed by atoms with Gasteiger partial charge >= 0.3 is 0 Å². The minimum absolute atomic E-state index is 0.307. The zero-order valence-electron chi connectivity index (χ0n) is 15.1. The van der Waals surface area contributed by atoms with Gasteiger partial charge in [-0.1, -0.05) is 44.2 Å². The Bertz CT molecular complexity index is 786. The molecule has 136 valence electrons. The summed E-state index contributed by atoms with van der Waals surface area (Å²) in [6.45, 7) is 4.28. The third-order valence-electron chi connectivity index (χ3n) is 3.69. The maximum Gasteiger partial charge on any atom is 0.262 e. The zero-order chi connectivity index (χ0) is 18.9. The molecule has 0 unspecified atom stereocenters. The Labute approximate surface area is 159 Å². The SMILES string of the molecule is COc1ccccc1/C=C/C(=O)NNC(=S)Nc1ccc(C(C)C)cc1. The van der Waals surface area contributed by atoms with Crippen molar-refractivity contribution in [1.82, 2.24) is 10.9 Å². The van der Waals surface area contributed by atoms with Gasteiger partial charge in [0.25, 0.3) is 5.91 Å². The molecule has 2 aromatic carbocycles. The molecule has 2 rings (SSSR count). The smallest absolute Gasteiger partial charge is 0.262 e. The Balaban J connectivity index is 1.83. The summed E-state index contributed by atoms with van der Waals surface area (Å²) in [5.74, 6) is 0.852. The van der Waals surface area contributed by atoms with Crippen molar-refractivity contribution in [3.8, 4) is 5.75 Å². The number of benzene rings is 2. The maximum atomic E-state index is 11.9. The van der Waals surface area contributed by atoms with Crippen molar-refractivity contribution in [2.24, 2.45) is 0 Å². The van der Waals surface area contributed by atoms with E-state index in [-0.39, 0.29) is 5.91 Å². The fourth-order valence-electron chi connectivity index (χ4n) is 2.24. The van der Waals surface area contributed by atoms with Gasteiger partial charge in [-0.05, 0) is 48.0 Å². The van der Waals surface area contributed by atoms with Crippen LogP contribution in [0.3, 0.4) is 0 Å². The van der Waals surface area contributed by atoms with Gasteiger partial charge in [0, 0.05) is 17.3 Å². The van der Waals surface area contributed by atoms with E-state index < -0.39 is 0 Å². The Morgan fingerprint density at radius 3 is 2.42 bits per heavy atom. The summed E-state index contributed by atoms with van der Waals surface area (Å²) in [6, 6.07) is 15.4. The van der Waals surface area contributed by atoms with Gasteiger partial charge in [0.05, 0.1) is 7.11 Å². The largest absolute Gasteiger partial charge is 0.496 e. The van der Waals surface area contributed by atoms with E-state index in [1.165, 1.54) is 11.6 Å². The molecule has 5 nitrogen and oxygen atoms in total. The van der Waals surface area contributed by atoms with Crippen LogP contribution in [-0.4, -0.2) is 18.1 Å². The normalized spacial score (nSPS) is 10.6. The summed E-state index contributed by atoms with van der Waals surface area (Å²) in [4.78, 5) is 11.9. The van der Waals surface area contributed by atoms with Crippen molar-refractivity contribution >= 4 is 35.0 Å². The Morgan fingerprint density at radius 2 is 1.77 bits per heavy atom. The van der Waals surface area contributed by atoms with Crippen molar-refractivity contribution in [2.45, 2.75) is 19.8 Å². The molecule has 0 heterocycles. The van der Waals surface area contributed by atoms with Gasteiger partial charge in [-0.25, -0.2) is 0 Å². The number of para-hydroxylation sites is 1. The molecular formula is C20H23N3O2S. The van der Waals surface area contributed by atoms with E-state index in [1.807, 2.05) is 48.5 Å². The molecule has 0 fully saturated rings. The number of hydrogen-bond acceptors (Lipinski definition) is 3. The lowest BCUT2D eigenvalue weighted by molar-refractivity contribution is -0.116. The average molecular weight is 369 g/mol. The maximum absolute atomic E-state index is 11.9. The third-order valence-corrected chi connectivity index (χ3v) is 3.89. The number of hydrazine groups is 1. The monoisotopic (exact) mass is 369 g/mol. The number of thiocarbonyl (C=S) groups is 1. The topological polar surface area (TPSA) is 62.4 Å². The lowest BCUT2D eigenvalue weighted by Crippen LogP contribution is -2.43. The van der Waals surface area contributed by atoms with E-state index in [9.17, 15) is 4.79 Å². The van der Waals surface area contributed by atoms with E-state index in [0.717, 1.165) is 11.3 Å². The average Bonchev–Trinajstić information content (AvgIpc) is 2.65. The van der Waals surface area contributed by atoms with Crippen LogP contribution in [0.15, 0.2) is 54.6 Å². The van der Waals surface area contributed by atoms with E-state index in [1.54, 1.807) is 13.2 Å². The summed E-state index contributed by atoms with van der Waals surface area (Å²) in [5.41, 5.74) is 8.11. The molecule has 1 amide bonds. The molecule has 26 heavy (non-hydrogen) atoms. The first-order valence-corrected chi connectivity index (χ1v) is 8.68. The minimum atomic E-state index is -0.324. The standard InChI is InChI=1S/C20H23N3O2S/c1-14(2)15-8-11-17(12-9-15)21-20(26)23-22-19(24)13-10-16-6-4-5-7-18(16)25-3/h4-14H,1-3H3,(H,22,24)(H2,21,23,26)/b13-10+. The Morgan fingerprint density at radius 1 is 1.08 bits per heavy atom. The van der Waals surface area contributed by atoms with Gasteiger partial charge in [0.2, 0.25) is 0 Å². The minimum Gasteiger partial charge on any atom is -0.496 e. The third kappa shape index (κ3) is 5.89. The van der Waals surface area contributed by atoms with Crippen molar-refractivity contribution in [2.75, 3.05) is 12.4 Å². The van der Waals surface area contributed by atoms with E-state index in [0.29, 0.717) is 16.8 Å². The summed E-state index contributed by atoms with van der Waals surface area (Å²) >= 11 is 5.17. The number of anilines is 1. The second-order valence-electron chi connectivity index (χ2n) is 5.92. The first kappa shape index (κ1) is 19.5. The van der Waals surface area contributed by atoms with Crippen LogP contribution in [0.2, 0.25) is 0 Å². The molecule has 0 bridgehead atoms. The molecule has 0 radical (unpaired) electrons. The van der Waals surface area contributed by atoms with Crippen LogP contribution >= 0.6 is 12.2 Å². The van der Waals surface area contributed by atoms with Gasteiger partial charge in [-0.2, -0.15) is 0 Å². The fourth-order valence-corrected chi connectivity index (χ4v) is 2.41. The van der Waals surface area contributed by atoms with Crippen LogP contribution in [0.1, 0.15) is 30.9 Å². The molecule has 0 atom stereocenters. The van der Waals surface area contributed by atoms with Gasteiger partial charge in [-0.3, -0.25) is 15.6 Å². The number of carbonyl (C=O) groups is 1. The van der Waals surface area contributed by atoms with Crippen LogP contribution < -0.4 is 20.9 Å². The highest BCUT2D eigenvalue weighted by molar-refractivity contribution is 7.80. The molecule has 6 heteroatoms. The van der Waals surface area contributed by atoms with E-state index in [4.69, 9.17) is 17.0 Å². The van der Waals surface area contributed by atoms with Crippen molar-refractivity contribution in [1.29, 1.82) is 0 Å². The summed E-state index contributed by atoms with van der Waals surface area (Å²) in [7, 11) is 1.59. The number of methoxy groups -OCH3 is 1. The van der Waals surface area contributed by atoms with Crippen LogP contribution in [0.5, 0.6) is 5.75 Å². The predicted molar refractivity (Wildman–Crippen MR) is 110 cm³/mol. The molecule has 0 saturated heterocycles. The first-order chi connectivity index (χ1) is 12.5. The predicted octanol–water partition coefficient (Wildman–Crippen LogP) is 3.85. The second-order valence-corrected chi connectivity index (χ2v) is 6.33. The van der Waals surface area contributed by atoms with Crippen LogP contribution in [0.4, 0.5) is 5.69 Å². The molecule has 0 aliphatic heterocycles. The number of rotatable bonds is 5. The number of ether oxygens (including phenoxy) is 1. The van der Waals surface area contributed by atoms with E-state index >= 15 is 0 Å². The zero-order valence-corrected chi connectivity index (χ0v) is 15.9. The first-order valence-electron chi connectivity index (χ1n) is 8.27. The summed E-state index contributed by atoms with van der Waals surface area (Å²) in [6.07, 6.45) is 3.09. The number of hydrogen-bond donors (Lipinski definition) is 3. The van der Waals surface area contributed by atoms with Crippen LogP contribution in [0.25, 0.3) is 6.08 Å². The highest BCUT2D eigenvalue weighted by Gasteiger charge is 2.02. The van der Waals surface area contributed by atoms with Gasteiger partial charge in [0.15, 0.2) is 5.11 Å². The quantitative estimate of drug-likeness (QED) is 0.424. The molecule has 2 aromatic rings. The highest BCUT2D eigenvalue weighted by Crippen LogP contribution is 2.18.